The molecular weight excluding hydrogens is 304 g/mol. The highest BCUT2D eigenvalue weighted by molar-refractivity contribution is 7.09. The van der Waals surface area contributed by atoms with Crippen LogP contribution in [0.3, 0.4) is 0 Å². The molecule has 0 fully saturated rings. The fraction of sp³-hybridized carbons (Fsp3) is 0.211. The van der Waals surface area contributed by atoms with Gasteiger partial charge >= 0.3 is 0 Å². The van der Waals surface area contributed by atoms with E-state index in [1.807, 2.05) is 24.3 Å². The Morgan fingerprint density at radius 2 is 1.74 bits per heavy atom. The Hall–Kier alpha value is -2.33. The quantitative estimate of drug-likeness (QED) is 0.696. The lowest BCUT2D eigenvalue weighted by Crippen LogP contribution is -2.01. The minimum atomic E-state index is 0.636. The van der Waals surface area contributed by atoms with Gasteiger partial charge in [0.15, 0.2) is 0 Å². The molecule has 118 valence electrons. The molecule has 0 aliphatic rings. The van der Waals surface area contributed by atoms with Crippen LogP contribution in [0.5, 0.6) is 5.75 Å². The minimum absolute atomic E-state index is 0.636. The summed E-state index contributed by atoms with van der Waals surface area (Å²) in [4.78, 5) is 4.67. The molecule has 0 saturated heterocycles. The Morgan fingerprint density at radius 3 is 2.43 bits per heavy atom. The highest BCUT2D eigenvalue weighted by Gasteiger charge is 2.05. The SMILES string of the molecule is Cc1cc(C)cc(OCCc2nc(-c3ccc(N)cc3)cs2)c1. The van der Waals surface area contributed by atoms with E-state index in [1.54, 1.807) is 11.3 Å². The topological polar surface area (TPSA) is 48.1 Å². The number of hydrogen-bond donors (Lipinski definition) is 1. The summed E-state index contributed by atoms with van der Waals surface area (Å²) in [5.41, 5.74) is 11.0. The van der Waals surface area contributed by atoms with E-state index in [-0.39, 0.29) is 0 Å². The second-order valence-corrected chi connectivity index (χ2v) is 6.61. The second kappa shape index (κ2) is 6.84. The average molecular weight is 324 g/mol. The molecule has 0 aliphatic heterocycles. The van der Waals surface area contributed by atoms with Crippen LogP contribution in [0.1, 0.15) is 16.1 Å². The average Bonchev–Trinajstić information content (AvgIpc) is 2.96. The molecule has 3 aromatic rings. The Kier molecular flexibility index (Phi) is 4.63. The molecule has 0 radical (unpaired) electrons. The van der Waals surface area contributed by atoms with Gasteiger partial charge in [-0.2, -0.15) is 0 Å². The molecule has 2 aromatic carbocycles. The summed E-state index contributed by atoms with van der Waals surface area (Å²) in [6, 6.07) is 14.1. The lowest BCUT2D eigenvalue weighted by molar-refractivity contribution is 0.321. The number of aryl methyl sites for hydroxylation is 2. The first-order valence-corrected chi connectivity index (χ1v) is 8.49. The maximum atomic E-state index is 5.85. The number of ether oxygens (including phenoxy) is 1. The molecule has 0 aliphatic carbocycles. The van der Waals surface area contributed by atoms with Crippen molar-refractivity contribution in [3.8, 4) is 17.0 Å². The summed E-state index contributed by atoms with van der Waals surface area (Å²) in [6.07, 6.45) is 0.812. The van der Waals surface area contributed by atoms with E-state index in [1.165, 1.54) is 11.1 Å². The number of aromatic nitrogens is 1. The number of benzene rings is 2. The highest BCUT2D eigenvalue weighted by atomic mass is 32.1. The van der Waals surface area contributed by atoms with Crippen LogP contribution < -0.4 is 10.5 Å². The van der Waals surface area contributed by atoms with Gasteiger partial charge in [0.25, 0.3) is 0 Å². The number of nitrogens with two attached hydrogens (primary N) is 1. The number of rotatable bonds is 5. The molecule has 2 N–H and O–H groups in total. The van der Waals surface area contributed by atoms with Crippen molar-refractivity contribution in [1.29, 1.82) is 0 Å². The van der Waals surface area contributed by atoms with Gasteiger partial charge in [-0.05, 0) is 49.2 Å². The molecule has 0 unspecified atom stereocenters. The van der Waals surface area contributed by atoms with Crippen molar-refractivity contribution in [2.24, 2.45) is 0 Å². The van der Waals surface area contributed by atoms with Crippen LogP contribution in [0.4, 0.5) is 5.69 Å². The third kappa shape index (κ3) is 4.11. The van der Waals surface area contributed by atoms with Gasteiger partial charge in [0.05, 0.1) is 17.3 Å². The standard InChI is InChI=1S/C19H20N2OS/c1-13-9-14(2)11-17(10-13)22-8-7-19-21-18(12-23-19)15-3-5-16(20)6-4-15/h3-6,9-12H,7-8,20H2,1-2H3. The van der Waals surface area contributed by atoms with Gasteiger partial charge in [0.2, 0.25) is 0 Å². The predicted octanol–water partition coefficient (Wildman–Crippen LogP) is 4.63. The van der Waals surface area contributed by atoms with Crippen molar-refractivity contribution < 1.29 is 4.74 Å². The van der Waals surface area contributed by atoms with Gasteiger partial charge in [0.1, 0.15) is 5.75 Å². The van der Waals surface area contributed by atoms with Gasteiger partial charge in [-0.3, -0.25) is 0 Å². The molecule has 1 heterocycles. The Balaban J connectivity index is 1.60. The monoisotopic (exact) mass is 324 g/mol. The molecule has 0 atom stereocenters. The molecule has 3 nitrogen and oxygen atoms in total. The normalized spacial score (nSPS) is 10.7. The zero-order valence-corrected chi connectivity index (χ0v) is 14.2. The highest BCUT2D eigenvalue weighted by Crippen LogP contribution is 2.23. The summed E-state index contributed by atoms with van der Waals surface area (Å²) >= 11 is 1.67. The van der Waals surface area contributed by atoms with Crippen molar-refractivity contribution in [3.05, 3.63) is 64.0 Å². The van der Waals surface area contributed by atoms with Gasteiger partial charge in [-0.25, -0.2) is 4.98 Å². The van der Waals surface area contributed by atoms with Gasteiger partial charge in [0, 0.05) is 23.1 Å². The van der Waals surface area contributed by atoms with Crippen LogP contribution in [0, 0.1) is 13.8 Å². The van der Waals surface area contributed by atoms with Gasteiger partial charge in [-0.1, -0.05) is 18.2 Å². The van der Waals surface area contributed by atoms with Crippen LogP contribution in [-0.2, 0) is 6.42 Å². The third-order valence-corrected chi connectivity index (χ3v) is 4.45. The van der Waals surface area contributed by atoms with E-state index in [9.17, 15) is 0 Å². The van der Waals surface area contributed by atoms with E-state index >= 15 is 0 Å². The summed E-state index contributed by atoms with van der Waals surface area (Å²) in [5, 5.41) is 3.17. The first-order chi connectivity index (χ1) is 11.1. The number of nitrogens with zero attached hydrogens (tertiary/aromatic N) is 1. The van der Waals surface area contributed by atoms with Crippen molar-refractivity contribution in [2.45, 2.75) is 20.3 Å². The Bertz CT molecular complexity index is 773. The first kappa shape index (κ1) is 15.6. The Morgan fingerprint density at radius 1 is 1.04 bits per heavy atom. The summed E-state index contributed by atoms with van der Waals surface area (Å²) in [5.74, 6) is 0.929. The molecule has 1 aromatic heterocycles. The first-order valence-electron chi connectivity index (χ1n) is 7.61. The van der Waals surface area contributed by atoms with Crippen molar-refractivity contribution in [1.82, 2.24) is 4.98 Å². The fourth-order valence-electron chi connectivity index (χ4n) is 2.48. The maximum Gasteiger partial charge on any atom is 0.119 e. The predicted molar refractivity (Wildman–Crippen MR) is 97.1 cm³/mol. The molecule has 3 rings (SSSR count). The molecule has 23 heavy (non-hydrogen) atoms. The van der Waals surface area contributed by atoms with Crippen molar-refractivity contribution in [3.63, 3.8) is 0 Å². The molecular formula is C19H20N2OS. The maximum absolute atomic E-state index is 5.85. The number of nitrogen functional groups attached to an aromatic ring is 1. The Labute approximate surface area is 140 Å². The van der Waals surface area contributed by atoms with Crippen LogP contribution in [0.2, 0.25) is 0 Å². The number of hydrogen-bond acceptors (Lipinski definition) is 4. The summed E-state index contributed by atoms with van der Waals surface area (Å²) in [6.45, 7) is 4.80. The summed E-state index contributed by atoms with van der Waals surface area (Å²) in [7, 11) is 0. The van der Waals surface area contributed by atoms with Crippen LogP contribution >= 0.6 is 11.3 Å². The largest absolute Gasteiger partial charge is 0.493 e. The summed E-state index contributed by atoms with van der Waals surface area (Å²) < 4.78 is 5.85. The van der Waals surface area contributed by atoms with E-state index < -0.39 is 0 Å². The van der Waals surface area contributed by atoms with Gasteiger partial charge < -0.3 is 10.5 Å². The van der Waals surface area contributed by atoms with E-state index in [2.05, 4.69) is 42.4 Å². The molecule has 0 amide bonds. The van der Waals surface area contributed by atoms with Crippen LogP contribution in [0.25, 0.3) is 11.3 Å². The third-order valence-electron chi connectivity index (χ3n) is 3.54. The molecule has 0 saturated carbocycles. The zero-order valence-electron chi connectivity index (χ0n) is 13.4. The molecule has 0 spiro atoms. The van der Waals surface area contributed by atoms with Crippen LogP contribution in [0.15, 0.2) is 47.8 Å². The number of thiazole rings is 1. The van der Waals surface area contributed by atoms with Crippen molar-refractivity contribution in [2.75, 3.05) is 12.3 Å². The van der Waals surface area contributed by atoms with E-state index in [4.69, 9.17) is 10.5 Å². The molecule has 4 heteroatoms. The lowest BCUT2D eigenvalue weighted by Gasteiger charge is -2.07. The zero-order chi connectivity index (χ0) is 16.2. The fourth-order valence-corrected chi connectivity index (χ4v) is 3.27. The van der Waals surface area contributed by atoms with Gasteiger partial charge in [-0.15, -0.1) is 11.3 Å². The lowest BCUT2D eigenvalue weighted by atomic mass is 10.1. The van der Waals surface area contributed by atoms with E-state index in [0.717, 1.165) is 34.1 Å². The number of anilines is 1. The molecule has 0 bridgehead atoms. The van der Waals surface area contributed by atoms with E-state index in [0.29, 0.717) is 6.61 Å². The second-order valence-electron chi connectivity index (χ2n) is 5.67. The van der Waals surface area contributed by atoms with Crippen molar-refractivity contribution >= 4 is 17.0 Å². The minimum Gasteiger partial charge on any atom is -0.493 e. The smallest absolute Gasteiger partial charge is 0.119 e. The van der Waals surface area contributed by atoms with Crippen LogP contribution in [-0.4, -0.2) is 11.6 Å².